The van der Waals surface area contributed by atoms with Crippen LogP contribution in [0.5, 0.6) is 0 Å². The van der Waals surface area contributed by atoms with E-state index in [1.165, 1.54) is 38.6 Å². The third-order valence-corrected chi connectivity index (χ3v) is 2.76. The van der Waals surface area contributed by atoms with E-state index in [9.17, 15) is 0 Å². The minimum Gasteiger partial charge on any atom is -0.377 e. The molecule has 1 N–H and O–H groups in total. The summed E-state index contributed by atoms with van der Waals surface area (Å²) in [5.41, 5.74) is 0. The molecule has 2 saturated heterocycles. The molecule has 0 aromatic heterocycles. The van der Waals surface area contributed by atoms with Gasteiger partial charge in [-0.1, -0.05) is 6.42 Å². The van der Waals surface area contributed by atoms with Crippen molar-refractivity contribution in [1.82, 2.24) is 5.32 Å². The SMILES string of the molecule is C1CC[C@@H]([C@H]2CCCO2)NC1. The summed E-state index contributed by atoms with van der Waals surface area (Å²) in [7, 11) is 0. The monoisotopic (exact) mass is 155 g/mol. The van der Waals surface area contributed by atoms with Crippen molar-refractivity contribution in [2.24, 2.45) is 0 Å². The van der Waals surface area contributed by atoms with E-state index < -0.39 is 0 Å². The van der Waals surface area contributed by atoms with Gasteiger partial charge in [0.15, 0.2) is 0 Å². The van der Waals surface area contributed by atoms with Crippen molar-refractivity contribution in [2.75, 3.05) is 13.2 Å². The lowest BCUT2D eigenvalue weighted by Crippen LogP contribution is -2.42. The molecule has 0 radical (unpaired) electrons. The maximum Gasteiger partial charge on any atom is 0.0728 e. The summed E-state index contributed by atoms with van der Waals surface area (Å²) in [5.74, 6) is 0. The standard InChI is InChI=1S/C9H17NO/c1-2-6-10-8(4-1)9-5-3-7-11-9/h8-10H,1-7H2/t8-,9+/m0/s1. The lowest BCUT2D eigenvalue weighted by atomic mass is 9.98. The highest BCUT2D eigenvalue weighted by Gasteiger charge is 2.26. The molecule has 0 unspecified atom stereocenters. The van der Waals surface area contributed by atoms with Gasteiger partial charge in [0.1, 0.15) is 0 Å². The van der Waals surface area contributed by atoms with Gasteiger partial charge in [-0.15, -0.1) is 0 Å². The van der Waals surface area contributed by atoms with E-state index in [1.54, 1.807) is 0 Å². The highest BCUT2D eigenvalue weighted by Crippen LogP contribution is 2.20. The molecule has 0 bridgehead atoms. The average Bonchev–Trinajstić information content (AvgIpc) is 2.58. The zero-order chi connectivity index (χ0) is 7.52. The van der Waals surface area contributed by atoms with Crippen LogP contribution >= 0.6 is 0 Å². The van der Waals surface area contributed by atoms with Gasteiger partial charge in [-0.05, 0) is 32.2 Å². The minimum atomic E-state index is 0.537. The highest BCUT2D eigenvalue weighted by molar-refractivity contribution is 4.82. The molecule has 11 heavy (non-hydrogen) atoms. The molecule has 2 heterocycles. The molecule has 0 saturated carbocycles. The Morgan fingerprint density at radius 1 is 1.09 bits per heavy atom. The number of nitrogens with one attached hydrogen (secondary N) is 1. The van der Waals surface area contributed by atoms with Crippen LogP contribution in [0.15, 0.2) is 0 Å². The molecule has 0 spiro atoms. The molecule has 2 nitrogen and oxygen atoms in total. The molecule has 0 aromatic carbocycles. The van der Waals surface area contributed by atoms with Crippen molar-refractivity contribution < 1.29 is 4.74 Å². The first kappa shape index (κ1) is 7.56. The number of hydrogen-bond acceptors (Lipinski definition) is 2. The van der Waals surface area contributed by atoms with E-state index in [-0.39, 0.29) is 0 Å². The molecule has 2 fully saturated rings. The van der Waals surface area contributed by atoms with Gasteiger partial charge in [0.2, 0.25) is 0 Å². The molecule has 2 heteroatoms. The van der Waals surface area contributed by atoms with Crippen LogP contribution in [0.1, 0.15) is 32.1 Å². The lowest BCUT2D eigenvalue weighted by Gasteiger charge is -2.27. The predicted molar refractivity (Wildman–Crippen MR) is 44.6 cm³/mol. The Labute approximate surface area is 68.3 Å². The summed E-state index contributed by atoms with van der Waals surface area (Å²) >= 11 is 0. The molecule has 2 aliphatic rings. The van der Waals surface area contributed by atoms with E-state index in [1.807, 2.05) is 0 Å². The lowest BCUT2D eigenvalue weighted by molar-refractivity contribution is 0.0695. The normalized spacial score (nSPS) is 39.3. The fourth-order valence-corrected chi connectivity index (χ4v) is 2.12. The quantitative estimate of drug-likeness (QED) is 0.616. The molecule has 0 aromatic rings. The van der Waals surface area contributed by atoms with Gasteiger partial charge >= 0.3 is 0 Å². The van der Waals surface area contributed by atoms with Gasteiger partial charge in [-0.3, -0.25) is 0 Å². The van der Waals surface area contributed by atoms with Crippen LogP contribution < -0.4 is 5.32 Å². The summed E-state index contributed by atoms with van der Waals surface area (Å²) in [6.45, 7) is 2.19. The summed E-state index contributed by atoms with van der Waals surface area (Å²) in [6, 6.07) is 0.672. The molecule has 2 aliphatic heterocycles. The van der Waals surface area contributed by atoms with Gasteiger partial charge in [-0.2, -0.15) is 0 Å². The van der Waals surface area contributed by atoms with E-state index in [2.05, 4.69) is 5.32 Å². The molecule has 64 valence electrons. The van der Waals surface area contributed by atoms with Gasteiger partial charge in [0, 0.05) is 12.6 Å². The summed E-state index contributed by atoms with van der Waals surface area (Å²) in [5, 5.41) is 3.54. The van der Waals surface area contributed by atoms with Crippen molar-refractivity contribution in [3.8, 4) is 0 Å². The number of ether oxygens (including phenoxy) is 1. The Kier molecular flexibility index (Phi) is 2.44. The fraction of sp³-hybridized carbons (Fsp3) is 1.00. The van der Waals surface area contributed by atoms with E-state index in [4.69, 9.17) is 4.74 Å². The first-order valence-corrected chi connectivity index (χ1v) is 4.82. The van der Waals surface area contributed by atoms with Crippen LogP contribution in [0.25, 0.3) is 0 Å². The van der Waals surface area contributed by atoms with Crippen LogP contribution in [-0.2, 0) is 4.74 Å². The van der Waals surface area contributed by atoms with Crippen LogP contribution in [0.2, 0.25) is 0 Å². The Morgan fingerprint density at radius 2 is 2.09 bits per heavy atom. The Hall–Kier alpha value is -0.0800. The molecule has 0 aliphatic carbocycles. The van der Waals surface area contributed by atoms with Crippen LogP contribution in [-0.4, -0.2) is 25.3 Å². The number of rotatable bonds is 1. The van der Waals surface area contributed by atoms with Crippen LogP contribution in [0, 0.1) is 0 Å². The smallest absolute Gasteiger partial charge is 0.0728 e. The van der Waals surface area contributed by atoms with Gasteiger partial charge in [-0.25, -0.2) is 0 Å². The van der Waals surface area contributed by atoms with Crippen LogP contribution in [0.3, 0.4) is 0 Å². The van der Waals surface area contributed by atoms with Crippen molar-refractivity contribution in [3.63, 3.8) is 0 Å². The van der Waals surface area contributed by atoms with Crippen molar-refractivity contribution in [1.29, 1.82) is 0 Å². The second kappa shape index (κ2) is 3.55. The summed E-state index contributed by atoms with van der Waals surface area (Å²) in [6.07, 6.45) is 7.14. The Balaban J connectivity index is 1.82. The largest absolute Gasteiger partial charge is 0.377 e. The van der Waals surface area contributed by atoms with Crippen LogP contribution in [0.4, 0.5) is 0 Å². The topological polar surface area (TPSA) is 21.3 Å². The molecule has 2 rings (SSSR count). The molecular formula is C9H17NO. The second-order valence-electron chi connectivity index (χ2n) is 3.61. The average molecular weight is 155 g/mol. The molecule has 2 atom stereocenters. The van der Waals surface area contributed by atoms with Crippen molar-refractivity contribution in [2.45, 2.75) is 44.2 Å². The summed E-state index contributed by atoms with van der Waals surface area (Å²) in [4.78, 5) is 0. The van der Waals surface area contributed by atoms with E-state index in [0.717, 1.165) is 6.61 Å². The second-order valence-corrected chi connectivity index (χ2v) is 3.61. The Bertz CT molecular complexity index is 115. The number of piperidine rings is 1. The maximum atomic E-state index is 5.63. The first-order valence-electron chi connectivity index (χ1n) is 4.82. The third-order valence-electron chi connectivity index (χ3n) is 2.76. The highest BCUT2D eigenvalue weighted by atomic mass is 16.5. The zero-order valence-electron chi connectivity index (χ0n) is 7.01. The van der Waals surface area contributed by atoms with Gasteiger partial charge < -0.3 is 10.1 Å². The third kappa shape index (κ3) is 1.74. The summed E-state index contributed by atoms with van der Waals surface area (Å²) < 4.78 is 5.63. The Morgan fingerprint density at radius 3 is 2.73 bits per heavy atom. The number of hydrogen-bond donors (Lipinski definition) is 1. The van der Waals surface area contributed by atoms with E-state index in [0.29, 0.717) is 12.1 Å². The first-order chi connectivity index (χ1) is 5.47. The fourth-order valence-electron chi connectivity index (χ4n) is 2.12. The minimum absolute atomic E-state index is 0.537. The van der Waals surface area contributed by atoms with Gasteiger partial charge in [0.25, 0.3) is 0 Å². The van der Waals surface area contributed by atoms with Crippen molar-refractivity contribution in [3.05, 3.63) is 0 Å². The van der Waals surface area contributed by atoms with Crippen molar-refractivity contribution >= 4 is 0 Å². The molecule has 0 amide bonds. The zero-order valence-corrected chi connectivity index (χ0v) is 7.01. The van der Waals surface area contributed by atoms with Gasteiger partial charge in [0.05, 0.1) is 6.10 Å². The van der Waals surface area contributed by atoms with E-state index >= 15 is 0 Å². The predicted octanol–water partition coefficient (Wildman–Crippen LogP) is 1.31. The maximum absolute atomic E-state index is 5.63. The molecular weight excluding hydrogens is 138 g/mol.